The number of carbonyl (C=O) groups is 1. The monoisotopic (exact) mass is 254 g/mol. The number of carbonyl (C=O) groups excluding carboxylic acids is 1. The molecule has 0 saturated heterocycles. The van der Waals surface area contributed by atoms with E-state index in [0.717, 1.165) is 18.5 Å². The fraction of sp³-hybridized carbons (Fsp3) is 0.214. The predicted molar refractivity (Wildman–Crippen MR) is 73.1 cm³/mol. The molecule has 5 nitrogen and oxygen atoms in total. The Kier molecular flexibility index (Phi) is 3.10. The van der Waals surface area contributed by atoms with Crippen molar-refractivity contribution in [3.8, 4) is 0 Å². The van der Waals surface area contributed by atoms with E-state index in [4.69, 9.17) is 0 Å². The van der Waals surface area contributed by atoms with Crippen molar-refractivity contribution >= 4 is 17.4 Å². The highest BCUT2D eigenvalue weighted by Gasteiger charge is 2.21. The summed E-state index contributed by atoms with van der Waals surface area (Å²) in [6, 6.07) is 11.5. The lowest BCUT2D eigenvalue weighted by molar-refractivity contribution is 0.102. The summed E-state index contributed by atoms with van der Waals surface area (Å²) in [6.45, 7) is 0. The van der Waals surface area contributed by atoms with Gasteiger partial charge in [0, 0.05) is 17.8 Å². The van der Waals surface area contributed by atoms with Crippen LogP contribution in [0.1, 0.15) is 23.3 Å². The third-order valence-corrected chi connectivity index (χ3v) is 2.86. The van der Waals surface area contributed by atoms with Crippen molar-refractivity contribution in [2.45, 2.75) is 18.9 Å². The number of rotatable bonds is 4. The largest absolute Gasteiger partial charge is 0.367 e. The molecule has 0 spiro atoms. The molecule has 0 aliphatic heterocycles. The zero-order valence-corrected chi connectivity index (χ0v) is 10.3. The Hall–Kier alpha value is -2.43. The van der Waals surface area contributed by atoms with Crippen molar-refractivity contribution in [3.63, 3.8) is 0 Å². The quantitative estimate of drug-likeness (QED) is 0.878. The van der Waals surface area contributed by atoms with Gasteiger partial charge in [0.1, 0.15) is 17.8 Å². The van der Waals surface area contributed by atoms with E-state index in [-0.39, 0.29) is 5.91 Å². The van der Waals surface area contributed by atoms with Crippen LogP contribution in [0, 0.1) is 0 Å². The number of aromatic nitrogens is 2. The molecule has 0 bridgehead atoms. The highest BCUT2D eigenvalue weighted by atomic mass is 16.1. The van der Waals surface area contributed by atoms with E-state index in [1.54, 1.807) is 6.07 Å². The normalized spacial score (nSPS) is 13.9. The first kappa shape index (κ1) is 11.6. The molecule has 1 aromatic heterocycles. The van der Waals surface area contributed by atoms with Crippen molar-refractivity contribution in [2.75, 3.05) is 10.6 Å². The average molecular weight is 254 g/mol. The maximum absolute atomic E-state index is 12.0. The van der Waals surface area contributed by atoms with Gasteiger partial charge in [-0.15, -0.1) is 0 Å². The van der Waals surface area contributed by atoms with Gasteiger partial charge in [-0.1, -0.05) is 18.2 Å². The number of nitrogens with one attached hydrogen (secondary N) is 2. The van der Waals surface area contributed by atoms with Crippen LogP contribution >= 0.6 is 0 Å². The Morgan fingerprint density at radius 3 is 2.68 bits per heavy atom. The minimum atomic E-state index is -0.229. The molecule has 1 amide bonds. The van der Waals surface area contributed by atoms with Crippen molar-refractivity contribution in [1.29, 1.82) is 0 Å². The molecule has 1 aliphatic carbocycles. The molecular weight excluding hydrogens is 240 g/mol. The van der Waals surface area contributed by atoms with E-state index >= 15 is 0 Å². The lowest BCUT2D eigenvalue weighted by Gasteiger charge is -2.06. The van der Waals surface area contributed by atoms with Crippen LogP contribution in [0.25, 0.3) is 0 Å². The zero-order valence-electron chi connectivity index (χ0n) is 10.3. The zero-order chi connectivity index (χ0) is 13.1. The van der Waals surface area contributed by atoms with Gasteiger partial charge in [-0.3, -0.25) is 4.79 Å². The Morgan fingerprint density at radius 1 is 1.16 bits per heavy atom. The van der Waals surface area contributed by atoms with Crippen molar-refractivity contribution in [1.82, 2.24) is 9.97 Å². The maximum Gasteiger partial charge on any atom is 0.274 e. The molecule has 1 aromatic carbocycles. The Bertz CT molecular complexity index is 581. The predicted octanol–water partition coefficient (Wildman–Crippen LogP) is 2.30. The highest BCUT2D eigenvalue weighted by molar-refractivity contribution is 6.03. The van der Waals surface area contributed by atoms with Gasteiger partial charge in [-0.2, -0.15) is 0 Å². The van der Waals surface area contributed by atoms with Gasteiger partial charge in [-0.05, 0) is 25.0 Å². The third kappa shape index (κ3) is 3.07. The summed E-state index contributed by atoms with van der Waals surface area (Å²) >= 11 is 0. The first-order valence-electron chi connectivity index (χ1n) is 6.26. The minimum Gasteiger partial charge on any atom is -0.367 e. The van der Waals surface area contributed by atoms with Crippen LogP contribution < -0.4 is 10.6 Å². The number of benzene rings is 1. The minimum absolute atomic E-state index is 0.229. The summed E-state index contributed by atoms with van der Waals surface area (Å²) < 4.78 is 0. The second-order valence-corrected chi connectivity index (χ2v) is 4.53. The summed E-state index contributed by atoms with van der Waals surface area (Å²) in [5.41, 5.74) is 1.12. The summed E-state index contributed by atoms with van der Waals surface area (Å²) in [6.07, 6.45) is 3.73. The summed E-state index contributed by atoms with van der Waals surface area (Å²) in [7, 11) is 0. The molecule has 1 heterocycles. The van der Waals surface area contributed by atoms with Crippen LogP contribution in [0.15, 0.2) is 42.7 Å². The molecule has 2 aromatic rings. The van der Waals surface area contributed by atoms with Gasteiger partial charge < -0.3 is 10.6 Å². The van der Waals surface area contributed by atoms with Gasteiger partial charge in [0.2, 0.25) is 0 Å². The van der Waals surface area contributed by atoms with Gasteiger partial charge in [-0.25, -0.2) is 9.97 Å². The molecule has 96 valence electrons. The van der Waals surface area contributed by atoms with Crippen molar-refractivity contribution < 1.29 is 4.79 Å². The number of hydrogen-bond donors (Lipinski definition) is 2. The lowest BCUT2D eigenvalue weighted by atomic mass is 10.3. The first-order valence-corrected chi connectivity index (χ1v) is 6.26. The maximum atomic E-state index is 12.0. The number of anilines is 2. The van der Waals surface area contributed by atoms with Gasteiger partial charge in [0.15, 0.2) is 0 Å². The third-order valence-electron chi connectivity index (χ3n) is 2.86. The second-order valence-electron chi connectivity index (χ2n) is 4.53. The molecular formula is C14H14N4O. The van der Waals surface area contributed by atoms with E-state index in [9.17, 15) is 4.79 Å². The van der Waals surface area contributed by atoms with Crippen LogP contribution in [0.5, 0.6) is 0 Å². The van der Waals surface area contributed by atoms with Crippen LogP contribution in [-0.2, 0) is 0 Å². The molecule has 19 heavy (non-hydrogen) atoms. The van der Waals surface area contributed by atoms with Crippen LogP contribution in [0.3, 0.4) is 0 Å². The fourth-order valence-electron chi connectivity index (χ4n) is 1.71. The van der Waals surface area contributed by atoms with Crippen LogP contribution in [0.4, 0.5) is 11.5 Å². The molecule has 1 aliphatic rings. The summed E-state index contributed by atoms with van der Waals surface area (Å²) in [5, 5.41) is 6.04. The number of amides is 1. The average Bonchev–Trinajstić information content (AvgIpc) is 3.24. The molecule has 2 N–H and O–H groups in total. The SMILES string of the molecule is O=C(Nc1ccccc1)c1cc(NC2CC2)ncn1. The smallest absolute Gasteiger partial charge is 0.274 e. The fourth-order valence-corrected chi connectivity index (χ4v) is 1.71. The molecule has 3 rings (SSSR count). The first-order chi connectivity index (χ1) is 9.31. The Balaban J connectivity index is 1.72. The molecule has 1 fully saturated rings. The molecule has 0 atom stereocenters. The van der Waals surface area contributed by atoms with E-state index in [2.05, 4.69) is 20.6 Å². The molecule has 0 unspecified atom stereocenters. The van der Waals surface area contributed by atoms with E-state index in [1.165, 1.54) is 6.33 Å². The van der Waals surface area contributed by atoms with Gasteiger partial charge in [0.25, 0.3) is 5.91 Å². The van der Waals surface area contributed by atoms with E-state index < -0.39 is 0 Å². The Labute approximate surface area is 111 Å². The van der Waals surface area contributed by atoms with Gasteiger partial charge >= 0.3 is 0 Å². The molecule has 1 saturated carbocycles. The molecule has 0 radical (unpaired) electrons. The second kappa shape index (κ2) is 5.06. The standard InChI is InChI=1S/C14H14N4O/c19-14(18-10-4-2-1-3-5-10)12-8-13(16-9-15-12)17-11-6-7-11/h1-5,8-9,11H,6-7H2,(H,18,19)(H,15,16,17). The highest BCUT2D eigenvalue weighted by Crippen LogP contribution is 2.23. The number of para-hydroxylation sites is 1. The Morgan fingerprint density at radius 2 is 1.95 bits per heavy atom. The number of hydrogen-bond acceptors (Lipinski definition) is 4. The van der Waals surface area contributed by atoms with Crippen molar-refractivity contribution in [3.05, 3.63) is 48.4 Å². The lowest BCUT2D eigenvalue weighted by Crippen LogP contribution is -2.14. The van der Waals surface area contributed by atoms with Crippen LogP contribution in [-0.4, -0.2) is 21.9 Å². The number of nitrogens with zero attached hydrogens (tertiary/aromatic N) is 2. The van der Waals surface area contributed by atoms with E-state index in [1.807, 2.05) is 30.3 Å². The van der Waals surface area contributed by atoms with Crippen LogP contribution in [0.2, 0.25) is 0 Å². The summed E-state index contributed by atoms with van der Waals surface area (Å²) in [5.74, 6) is 0.475. The summed E-state index contributed by atoms with van der Waals surface area (Å²) in [4.78, 5) is 20.1. The van der Waals surface area contributed by atoms with Crippen molar-refractivity contribution in [2.24, 2.45) is 0 Å². The molecule has 5 heteroatoms. The van der Waals surface area contributed by atoms with E-state index in [0.29, 0.717) is 17.6 Å². The van der Waals surface area contributed by atoms with Gasteiger partial charge in [0.05, 0.1) is 0 Å². The topological polar surface area (TPSA) is 66.9 Å².